The van der Waals surface area contributed by atoms with Crippen LogP contribution in [-0.4, -0.2) is 97.9 Å². The van der Waals surface area contributed by atoms with Gasteiger partial charge in [0.15, 0.2) is 0 Å². The molecule has 3 aliphatic heterocycles. The maximum absolute atomic E-state index is 12.9. The third-order valence-corrected chi connectivity index (χ3v) is 6.36. The summed E-state index contributed by atoms with van der Waals surface area (Å²) >= 11 is 0. The van der Waals surface area contributed by atoms with Crippen molar-refractivity contribution in [3.05, 3.63) is 0 Å². The molecular weight excluding hydrogens is 318 g/mol. The Morgan fingerprint density at radius 1 is 0.840 bits per heavy atom. The van der Waals surface area contributed by atoms with Crippen LogP contribution < -0.4 is 0 Å². The zero-order valence-corrected chi connectivity index (χ0v) is 15.4. The van der Waals surface area contributed by atoms with Gasteiger partial charge >= 0.3 is 0 Å². The van der Waals surface area contributed by atoms with Gasteiger partial charge in [-0.05, 0) is 25.7 Å². The third kappa shape index (κ3) is 4.35. The Bertz CT molecular complexity index is 445. The molecule has 3 unspecified atom stereocenters. The number of fused-ring (bicyclic) bond motifs is 1. The minimum absolute atomic E-state index is 0.287. The van der Waals surface area contributed by atoms with Crippen molar-refractivity contribution in [3.63, 3.8) is 0 Å². The maximum Gasteiger partial charge on any atom is 0.237 e. The number of morpholine rings is 1. The molecule has 0 spiro atoms. The Morgan fingerprint density at radius 2 is 1.64 bits per heavy atom. The topological polar surface area (TPSA) is 45.2 Å². The van der Waals surface area contributed by atoms with Crippen LogP contribution in [0.1, 0.15) is 38.5 Å². The second-order valence-corrected chi connectivity index (χ2v) is 8.06. The van der Waals surface area contributed by atoms with Crippen molar-refractivity contribution in [2.45, 2.75) is 56.8 Å². The fraction of sp³-hybridized carbons (Fsp3) is 0.947. The van der Waals surface area contributed by atoms with Crippen LogP contribution in [0.2, 0.25) is 0 Å². The highest BCUT2D eigenvalue weighted by molar-refractivity contribution is 5.78. The molecule has 4 aliphatic rings. The number of carbonyl (C=O) groups excluding carboxylic acids is 1. The maximum atomic E-state index is 12.9. The molecule has 0 N–H and O–H groups in total. The monoisotopic (exact) mass is 351 g/mol. The van der Waals surface area contributed by atoms with Crippen molar-refractivity contribution in [1.82, 2.24) is 14.7 Å². The second kappa shape index (κ2) is 8.33. The van der Waals surface area contributed by atoms with Gasteiger partial charge in [0.05, 0.1) is 31.4 Å². The lowest BCUT2D eigenvalue weighted by atomic mass is 9.90. The van der Waals surface area contributed by atoms with Crippen molar-refractivity contribution in [1.29, 1.82) is 0 Å². The van der Waals surface area contributed by atoms with Crippen LogP contribution in [0.3, 0.4) is 0 Å². The fourth-order valence-electron chi connectivity index (χ4n) is 4.89. The number of nitrogens with zero attached hydrogens (tertiary/aromatic N) is 3. The first-order valence-corrected chi connectivity index (χ1v) is 10.3. The molecule has 6 heteroatoms. The van der Waals surface area contributed by atoms with Crippen LogP contribution in [0.5, 0.6) is 0 Å². The van der Waals surface area contributed by atoms with Gasteiger partial charge < -0.3 is 14.4 Å². The van der Waals surface area contributed by atoms with E-state index in [1.807, 2.05) is 0 Å². The predicted octanol–water partition coefficient (Wildman–Crippen LogP) is 0.953. The molecule has 0 aromatic rings. The highest BCUT2D eigenvalue weighted by Gasteiger charge is 2.37. The Morgan fingerprint density at radius 3 is 2.44 bits per heavy atom. The summed E-state index contributed by atoms with van der Waals surface area (Å²) in [7, 11) is 0. The van der Waals surface area contributed by atoms with Crippen LogP contribution in [0.15, 0.2) is 0 Å². The van der Waals surface area contributed by atoms with Gasteiger partial charge in [-0.25, -0.2) is 0 Å². The van der Waals surface area contributed by atoms with Crippen LogP contribution in [0, 0.1) is 0 Å². The summed E-state index contributed by atoms with van der Waals surface area (Å²) in [5.74, 6) is 0.313. The lowest BCUT2D eigenvalue weighted by Gasteiger charge is -2.44. The number of hydrogen-bond donors (Lipinski definition) is 0. The molecule has 1 aliphatic carbocycles. The van der Waals surface area contributed by atoms with E-state index in [4.69, 9.17) is 9.47 Å². The molecule has 3 atom stereocenters. The molecule has 4 rings (SSSR count). The average molecular weight is 351 g/mol. The van der Waals surface area contributed by atoms with E-state index in [1.165, 1.54) is 25.7 Å². The summed E-state index contributed by atoms with van der Waals surface area (Å²) in [4.78, 5) is 19.8. The smallest absolute Gasteiger partial charge is 0.237 e. The van der Waals surface area contributed by atoms with E-state index in [2.05, 4.69) is 14.7 Å². The molecule has 142 valence electrons. The van der Waals surface area contributed by atoms with Gasteiger partial charge in [0.1, 0.15) is 0 Å². The third-order valence-electron chi connectivity index (χ3n) is 6.36. The van der Waals surface area contributed by atoms with Gasteiger partial charge in [-0.1, -0.05) is 12.8 Å². The average Bonchev–Trinajstić information content (AvgIpc) is 3.16. The number of ether oxygens (including phenoxy) is 2. The van der Waals surface area contributed by atoms with Crippen LogP contribution in [-0.2, 0) is 14.3 Å². The van der Waals surface area contributed by atoms with Crippen molar-refractivity contribution >= 4 is 5.91 Å². The predicted molar refractivity (Wildman–Crippen MR) is 95.6 cm³/mol. The molecule has 0 radical (unpaired) electrons. The Labute approximate surface area is 151 Å². The van der Waals surface area contributed by atoms with Gasteiger partial charge in [0, 0.05) is 45.9 Å². The zero-order valence-electron chi connectivity index (χ0n) is 15.4. The van der Waals surface area contributed by atoms with E-state index in [-0.39, 0.29) is 6.10 Å². The van der Waals surface area contributed by atoms with Gasteiger partial charge in [-0.2, -0.15) is 0 Å². The normalized spacial score (nSPS) is 34.9. The number of rotatable bonds is 4. The number of amides is 1. The van der Waals surface area contributed by atoms with Crippen LogP contribution >= 0.6 is 0 Å². The molecule has 3 heterocycles. The van der Waals surface area contributed by atoms with Crippen LogP contribution in [0.4, 0.5) is 0 Å². The first-order chi connectivity index (χ1) is 12.3. The van der Waals surface area contributed by atoms with Crippen molar-refractivity contribution in [2.75, 3.05) is 59.0 Å². The summed E-state index contributed by atoms with van der Waals surface area (Å²) in [6.45, 7) is 8.17. The quantitative estimate of drug-likeness (QED) is 0.755. The molecule has 3 saturated heterocycles. The zero-order chi connectivity index (χ0) is 17.1. The van der Waals surface area contributed by atoms with Crippen LogP contribution in [0.25, 0.3) is 0 Å². The molecule has 1 amide bonds. The molecule has 0 aromatic heterocycles. The Hall–Kier alpha value is -0.690. The van der Waals surface area contributed by atoms with Gasteiger partial charge in [-0.3, -0.25) is 14.6 Å². The molecule has 25 heavy (non-hydrogen) atoms. The minimum Gasteiger partial charge on any atom is -0.377 e. The summed E-state index contributed by atoms with van der Waals surface area (Å²) in [6.07, 6.45) is 7.85. The molecule has 1 saturated carbocycles. The first kappa shape index (κ1) is 17.7. The molecule has 4 fully saturated rings. The summed E-state index contributed by atoms with van der Waals surface area (Å²) in [5.41, 5.74) is 0. The van der Waals surface area contributed by atoms with Crippen molar-refractivity contribution in [2.24, 2.45) is 0 Å². The van der Waals surface area contributed by atoms with E-state index >= 15 is 0 Å². The highest BCUT2D eigenvalue weighted by atomic mass is 16.5. The van der Waals surface area contributed by atoms with E-state index in [0.29, 0.717) is 31.2 Å². The second-order valence-electron chi connectivity index (χ2n) is 8.06. The largest absolute Gasteiger partial charge is 0.377 e. The number of hydrogen-bond acceptors (Lipinski definition) is 5. The molecule has 0 aromatic carbocycles. The first-order valence-electron chi connectivity index (χ1n) is 10.3. The lowest BCUT2D eigenvalue weighted by molar-refractivity contribution is -0.151. The van der Waals surface area contributed by atoms with Gasteiger partial charge in [-0.15, -0.1) is 0 Å². The van der Waals surface area contributed by atoms with E-state index in [1.54, 1.807) is 0 Å². The van der Waals surface area contributed by atoms with Crippen molar-refractivity contribution < 1.29 is 14.3 Å². The number of carbonyl (C=O) groups is 1. The summed E-state index contributed by atoms with van der Waals surface area (Å²) in [6, 6.07) is 0.329. The van der Waals surface area contributed by atoms with Gasteiger partial charge in [0.25, 0.3) is 0 Å². The fourth-order valence-corrected chi connectivity index (χ4v) is 4.89. The minimum atomic E-state index is 0.287. The molecule has 6 nitrogen and oxygen atoms in total. The van der Waals surface area contributed by atoms with E-state index in [9.17, 15) is 4.79 Å². The summed E-state index contributed by atoms with van der Waals surface area (Å²) in [5, 5.41) is 0. The lowest BCUT2D eigenvalue weighted by Crippen LogP contribution is -2.58. The molecular formula is C19H33N3O3. The van der Waals surface area contributed by atoms with E-state index < -0.39 is 0 Å². The Balaban J connectivity index is 1.23. The number of piperazine rings is 1. The summed E-state index contributed by atoms with van der Waals surface area (Å²) < 4.78 is 11.7. The van der Waals surface area contributed by atoms with Crippen molar-refractivity contribution in [3.8, 4) is 0 Å². The van der Waals surface area contributed by atoms with E-state index in [0.717, 1.165) is 58.7 Å². The standard InChI is InChI=1S/C19H33N3O3/c23-19(22-11-13-25-18-6-2-1-5-17(18)22)15-21-9-7-20(8-10-21)14-16-4-3-12-24-16/h16-18H,1-15H2. The highest BCUT2D eigenvalue weighted by Crippen LogP contribution is 2.28. The Kier molecular flexibility index (Phi) is 5.90. The molecule has 0 bridgehead atoms. The SMILES string of the molecule is O=C(CN1CCN(CC2CCCO2)CC1)N1CCOC2CCCCC21. The van der Waals surface area contributed by atoms with Gasteiger partial charge in [0.2, 0.25) is 5.91 Å².